The fourth-order valence-electron chi connectivity index (χ4n) is 2.87. The summed E-state index contributed by atoms with van der Waals surface area (Å²) < 4.78 is 9.39. The summed E-state index contributed by atoms with van der Waals surface area (Å²) in [6, 6.07) is 4.86. The van der Waals surface area contributed by atoms with Crippen molar-refractivity contribution in [3.8, 4) is 11.5 Å². The zero-order valence-electron chi connectivity index (χ0n) is 16.1. The number of nitrogens with zero attached hydrogens (tertiary/aromatic N) is 5. The molecule has 148 valence electrons. The molecule has 0 unspecified atom stereocenters. The molecule has 2 heterocycles. The summed E-state index contributed by atoms with van der Waals surface area (Å²) in [7, 11) is 3.24. The summed E-state index contributed by atoms with van der Waals surface area (Å²) in [5, 5.41) is 13.9. The van der Waals surface area contributed by atoms with Crippen LogP contribution in [0.2, 0.25) is 0 Å². The highest BCUT2D eigenvalue weighted by Gasteiger charge is 2.17. The number of phenolic OH excluding ortho intramolecular Hbond substituents is 1. The fraction of sp³-hybridized carbons (Fsp3) is 0.333. The summed E-state index contributed by atoms with van der Waals surface area (Å²) in [4.78, 5) is 29.2. The monoisotopic (exact) mass is 386 g/mol. The second-order valence-electron chi connectivity index (χ2n) is 6.09. The Labute approximate surface area is 160 Å². The van der Waals surface area contributed by atoms with Crippen molar-refractivity contribution in [3.63, 3.8) is 0 Å². The lowest BCUT2D eigenvalue weighted by Crippen LogP contribution is -2.39. The number of aromatic hydroxyl groups is 1. The van der Waals surface area contributed by atoms with Gasteiger partial charge in [-0.2, -0.15) is 10.1 Å². The third-order valence-corrected chi connectivity index (χ3v) is 4.34. The molecule has 0 saturated heterocycles. The van der Waals surface area contributed by atoms with Crippen LogP contribution in [0.15, 0.2) is 32.9 Å². The number of anilines is 1. The Kier molecular flexibility index (Phi) is 5.21. The van der Waals surface area contributed by atoms with Gasteiger partial charge in [-0.05, 0) is 37.6 Å². The highest BCUT2D eigenvalue weighted by Crippen LogP contribution is 2.26. The van der Waals surface area contributed by atoms with E-state index in [9.17, 15) is 14.7 Å². The van der Waals surface area contributed by atoms with Crippen LogP contribution in [0.1, 0.15) is 19.4 Å². The highest BCUT2D eigenvalue weighted by molar-refractivity contribution is 5.81. The van der Waals surface area contributed by atoms with E-state index in [0.29, 0.717) is 29.4 Å². The SMILES string of the molecule is CCOc1cc(/C=N/Nc2nc3c(c(=O)n(CC)c(=O)n3C)n2C)ccc1O. The molecule has 0 fully saturated rings. The molecular weight excluding hydrogens is 364 g/mol. The smallest absolute Gasteiger partial charge is 0.332 e. The van der Waals surface area contributed by atoms with Gasteiger partial charge >= 0.3 is 5.69 Å². The first kappa shape index (κ1) is 19.2. The third-order valence-electron chi connectivity index (χ3n) is 4.34. The van der Waals surface area contributed by atoms with E-state index in [0.717, 1.165) is 4.57 Å². The average Bonchev–Trinajstić information content (AvgIpc) is 3.00. The minimum Gasteiger partial charge on any atom is -0.504 e. The normalized spacial score (nSPS) is 11.4. The van der Waals surface area contributed by atoms with Crippen molar-refractivity contribution < 1.29 is 9.84 Å². The van der Waals surface area contributed by atoms with Crippen LogP contribution in [0.3, 0.4) is 0 Å². The number of fused-ring (bicyclic) bond motifs is 1. The molecule has 0 atom stereocenters. The van der Waals surface area contributed by atoms with Gasteiger partial charge in [-0.25, -0.2) is 10.2 Å². The first-order chi connectivity index (χ1) is 13.4. The molecule has 0 radical (unpaired) electrons. The number of hydrogen-bond acceptors (Lipinski definition) is 7. The van der Waals surface area contributed by atoms with Crippen molar-refractivity contribution in [3.05, 3.63) is 44.6 Å². The molecule has 0 aliphatic rings. The first-order valence-corrected chi connectivity index (χ1v) is 8.80. The summed E-state index contributed by atoms with van der Waals surface area (Å²) in [5.41, 5.74) is 3.26. The quantitative estimate of drug-likeness (QED) is 0.482. The average molecular weight is 386 g/mol. The predicted octanol–water partition coefficient (Wildman–Crippen LogP) is 1.00. The number of hydrazone groups is 1. The fourth-order valence-corrected chi connectivity index (χ4v) is 2.87. The molecule has 2 N–H and O–H groups in total. The number of aromatic nitrogens is 4. The van der Waals surface area contributed by atoms with Crippen molar-refractivity contribution in [1.82, 2.24) is 18.7 Å². The second kappa shape index (κ2) is 7.59. The maximum Gasteiger partial charge on any atom is 0.332 e. The number of nitrogens with one attached hydrogen (secondary N) is 1. The Bertz CT molecular complexity index is 1170. The van der Waals surface area contributed by atoms with E-state index in [-0.39, 0.29) is 17.9 Å². The zero-order valence-corrected chi connectivity index (χ0v) is 16.1. The molecule has 10 heteroatoms. The topological polar surface area (TPSA) is 116 Å². The van der Waals surface area contributed by atoms with Gasteiger partial charge in [0.2, 0.25) is 5.95 Å². The maximum absolute atomic E-state index is 12.6. The third kappa shape index (κ3) is 3.24. The van der Waals surface area contributed by atoms with Gasteiger partial charge in [0.25, 0.3) is 5.56 Å². The van der Waals surface area contributed by atoms with Crippen LogP contribution in [0.5, 0.6) is 11.5 Å². The minimum atomic E-state index is -0.416. The van der Waals surface area contributed by atoms with E-state index in [1.807, 2.05) is 6.92 Å². The van der Waals surface area contributed by atoms with E-state index in [2.05, 4.69) is 15.5 Å². The molecule has 1 aromatic carbocycles. The molecule has 0 bridgehead atoms. The number of imidazole rings is 1. The molecule has 2 aromatic heterocycles. The van der Waals surface area contributed by atoms with Crippen molar-refractivity contribution >= 4 is 23.3 Å². The molecule has 0 spiro atoms. The second-order valence-corrected chi connectivity index (χ2v) is 6.09. The van der Waals surface area contributed by atoms with Gasteiger partial charge < -0.3 is 14.4 Å². The number of rotatable bonds is 6. The number of aryl methyl sites for hydroxylation is 2. The van der Waals surface area contributed by atoms with Crippen LogP contribution in [-0.2, 0) is 20.6 Å². The Hall–Kier alpha value is -3.56. The molecule has 0 saturated carbocycles. The van der Waals surface area contributed by atoms with Crippen molar-refractivity contribution in [2.24, 2.45) is 19.2 Å². The van der Waals surface area contributed by atoms with Crippen LogP contribution in [0.25, 0.3) is 11.2 Å². The Balaban J connectivity index is 1.95. The first-order valence-electron chi connectivity index (χ1n) is 8.80. The van der Waals surface area contributed by atoms with E-state index < -0.39 is 11.2 Å². The minimum absolute atomic E-state index is 0.0513. The van der Waals surface area contributed by atoms with Gasteiger partial charge in [-0.3, -0.25) is 13.9 Å². The van der Waals surface area contributed by atoms with E-state index in [4.69, 9.17) is 4.74 Å². The van der Waals surface area contributed by atoms with Gasteiger partial charge in [0.05, 0.1) is 12.8 Å². The summed E-state index contributed by atoms with van der Waals surface area (Å²) in [5.74, 6) is 0.732. The lowest BCUT2D eigenvalue weighted by atomic mass is 10.2. The lowest BCUT2D eigenvalue weighted by molar-refractivity contribution is 0.318. The van der Waals surface area contributed by atoms with Crippen molar-refractivity contribution in [2.45, 2.75) is 20.4 Å². The standard InChI is InChI=1S/C18H22N6O4/c1-5-24-16(26)14-15(23(4)18(24)27)20-17(22(14)3)21-19-10-11-7-8-12(25)13(9-11)28-6-2/h7-10,25H,5-6H2,1-4H3,(H,20,21)/b19-10+. The molecule has 3 aromatic rings. The number of phenols is 1. The van der Waals surface area contributed by atoms with Crippen LogP contribution in [0.4, 0.5) is 5.95 Å². The molecular formula is C18H22N6O4. The number of hydrogen-bond donors (Lipinski definition) is 2. The Morgan fingerprint density at radius 1 is 1.25 bits per heavy atom. The predicted molar refractivity (Wildman–Crippen MR) is 106 cm³/mol. The van der Waals surface area contributed by atoms with Crippen molar-refractivity contribution in [1.29, 1.82) is 0 Å². The summed E-state index contributed by atoms with van der Waals surface area (Å²) in [6.07, 6.45) is 1.53. The van der Waals surface area contributed by atoms with Crippen LogP contribution in [-0.4, -0.2) is 36.6 Å². The molecule has 3 rings (SSSR count). The maximum atomic E-state index is 12.6. The zero-order chi connectivity index (χ0) is 20.4. The van der Waals surface area contributed by atoms with Crippen molar-refractivity contribution in [2.75, 3.05) is 12.0 Å². The number of ether oxygens (including phenoxy) is 1. The van der Waals surface area contributed by atoms with Gasteiger partial charge in [-0.15, -0.1) is 0 Å². The largest absolute Gasteiger partial charge is 0.504 e. The molecule has 0 amide bonds. The van der Waals surface area contributed by atoms with Gasteiger partial charge in [0.1, 0.15) is 0 Å². The van der Waals surface area contributed by atoms with Crippen LogP contribution in [0, 0.1) is 0 Å². The highest BCUT2D eigenvalue weighted by atomic mass is 16.5. The number of benzene rings is 1. The molecule has 10 nitrogen and oxygen atoms in total. The Morgan fingerprint density at radius 3 is 2.68 bits per heavy atom. The van der Waals surface area contributed by atoms with Gasteiger partial charge in [0, 0.05) is 20.6 Å². The lowest BCUT2D eigenvalue weighted by Gasteiger charge is -2.06. The van der Waals surface area contributed by atoms with Crippen LogP contribution < -0.4 is 21.4 Å². The molecule has 28 heavy (non-hydrogen) atoms. The van der Waals surface area contributed by atoms with Gasteiger partial charge in [0.15, 0.2) is 22.7 Å². The van der Waals surface area contributed by atoms with E-state index in [1.165, 1.54) is 16.8 Å². The molecule has 0 aliphatic carbocycles. The summed E-state index contributed by atoms with van der Waals surface area (Å²) in [6.45, 7) is 4.27. The summed E-state index contributed by atoms with van der Waals surface area (Å²) >= 11 is 0. The Morgan fingerprint density at radius 2 is 2.00 bits per heavy atom. The van der Waals surface area contributed by atoms with E-state index >= 15 is 0 Å². The molecule has 0 aliphatic heterocycles. The van der Waals surface area contributed by atoms with Crippen LogP contribution >= 0.6 is 0 Å². The van der Waals surface area contributed by atoms with Gasteiger partial charge in [-0.1, -0.05) is 0 Å². The van der Waals surface area contributed by atoms with E-state index in [1.54, 1.807) is 37.7 Å².